The predicted octanol–water partition coefficient (Wildman–Crippen LogP) is 1.16. The molecule has 0 atom stereocenters. The van der Waals surface area contributed by atoms with E-state index in [4.69, 9.17) is 16.3 Å². The molecule has 12 heteroatoms. The summed E-state index contributed by atoms with van der Waals surface area (Å²) in [6.07, 6.45) is -0.486. The van der Waals surface area contributed by atoms with Crippen LogP contribution in [0.25, 0.3) is 0 Å². The van der Waals surface area contributed by atoms with Crippen LogP contribution in [-0.4, -0.2) is 59.6 Å². The average Bonchev–Trinajstić information content (AvgIpc) is 2.77. The molecule has 0 spiro atoms. The number of benzene rings is 1. The fraction of sp³-hybridized carbons (Fsp3) is 0.300. The van der Waals surface area contributed by atoms with Crippen LogP contribution in [-0.2, 0) is 17.7 Å². The Bertz CT molecular complexity index is 1140. The molecule has 2 aromatic rings. The van der Waals surface area contributed by atoms with Gasteiger partial charge in [-0.25, -0.2) is 9.18 Å². The first-order chi connectivity index (χ1) is 15.2. The van der Waals surface area contributed by atoms with Gasteiger partial charge in [0.2, 0.25) is 0 Å². The summed E-state index contributed by atoms with van der Waals surface area (Å²) in [4.78, 5) is 52.4. The monoisotopic (exact) mass is 466 g/mol. The molecule has 0 aliphatic carbocycles. The van der Waals surface area contributed by atoms with Crippen LogP contribution in [0.5, 0.6) is 5.75 Å². The standard InChI is InChI=1S/C20H20ClFN4O6/c1-23-20(31)32-7-5-24-17(28)15-11-4-6-26(9-10-2-3-13(22)12(21)8-10)19(30)14(11)16(27)18(29)25-15/h2-3,8,27H,4-7,9H2,1H3,(H,23,31)(H,24,28)(H,25,29). The number of pyridine rings is 1. The van der Waals surface area contributed by atoms with Crippen molar-refractivity contribution < 1.29 is 28.6 Å². The minimum atomic E-state index is -0.990. The molecule has 32 heavy (non-hydrogen) atoms. The van der Waals surface area contributed by atoms with Gasteiger partial charge in [-0.05, 0) is 29.7 Å². The number of halogens is 2. The SMILES string of the molecule is CNC(=O)OCCNC(=O)c1[nH]c(=O)c(O)c2c1CCN(Cc1ccc(F)c(Cl)c1)C2=O. The zero-order valence-electron chi connectivity index (χ0n) is 17.0. The van der Waals surface area contributed by atoms with Gasteiger partial charge in [0.25, 0.3) is 17.4 Å². The maximum Gasteiger partial charge on any atom is 0.406 e. The van der Waals surface area contributed by atoms with Gasteiger partial charge in [-0.3, -0.25) is 14.4 Å². The summed E-state index contributed by atoms with van der Waals surface area (Å²) in [5.41, 5.74) is -0.645. The molecule has 1 aromatic heterocycles. The molecular weight excluding hydrogens is 447 g/mol. The number of hydrogen-bond donors (Lipinski definition) is 4. The van der Waals surface area contributed by atoms with E-state index < -0.39 is 35.0 Å². The quantitative estimate of drug-likeness (QED) is 0.471. The number of H-pyrrole nitrogens is 1. The van der Waals surface area contributed by atoms with E-state index >= 15 is 0 Å². The normalized spacial score (nSPS) is 12.8. The summed E-state index contributed by atoms with van der Waals surface area (Å²) >= 11 is 5.79. The zero-order chi connectivity index (χ0) is 23.4. The third kappa shape index (κ3) is 4.83. The molecule has 0 bridgehead atoms. The largest absolute Gasteiger partial charge is 0.502 e. The second-order valence-electron chi connectivity index (χ2n) is 6.90. The smallest absolute Gasteiger partial charge is 0.406 e. The topological polar surface area (TPSA) is 141 Å². The second kappa shape index (κ2) is 9.69. The van der Waals surface area contributed by atoms with Crippen molar-refractivity contribution in [2.24, 2.45) is 0 Å². The third-order valence-corrected chi connectivity index (χ3v) is 5.13. The van der Waals surface area contributed by atoms with Crippen LogP contribution in [0, 0.1) is 5.82 Å². The fourth-order valence-corrected chi connectivity index (χ4v) is 3.49. The highest BCUT2D eigenvalue weighted by molar-refractivity contribution is 6.30. The molecule has 2 heterocycles. The lowest BCUT2D eigenvalue weighted by Crippen LogP contribution is -2.40. The maximum atomic E-state index is 13.4. The van der Waals surface area contributed by atoms with Crippen LogP contribution in [0.4, 0.5) is 9.18 Å². The Morgan fingerprint density at radius 2 is 2.09 bits per heavy atom. The van der Waals surface area contributed by atoms with Gasteiger partial charge in [-0.1, -0.05) is 17.7 Å². The Morgan fingerprint density at radius 1 is 1.34 bits per heavy atom. The summed E-state index contributed by atoms with van der Waals surface area (Å²) in [6.45, 7) is 0.118. The van der Waals surface area contributed by atoms with Gasteiger partial charge in [0.1, 0.15) is 18.1 Å². The van der Waals surface area contributed by atoms with Crippen LogP contribution in [0.15, 0.2) is 23.0 Å². The molecule has 1 aliphatic rings. The summed E-state index contributed by atoms with van der Waals surface area (Å²) in [5, 5.41) is 14.9. The molecule has 3 amide bonds. The number of nitrogens with zero attached hydrogens (tertiary/aromatic N) is 1. The molecule has 0 saturated carbocycles. The van der Waals surface area contributed by atoms with Crippen LogP contribution in [0.3, 0.4) is 0 Å². The first kappa shape index (κ1) is 23.1. The van der Waals surface area contributed by atoms with Crippen molar-refractivity contribution in [3.05, 3.63) is 61.8 Å². The Labute approximate surface area is 186 Å². The molecular formula is C20H20ClFN4O6. The number of rotatable bonds is 6. The third-order valence-electron chi connectivity index (χ3n) is 4.84. The van der Waals surface area contributed by atoms with Gasteiger partial charge >= 0.3 is 6.09 Å². The van der Waals surface area contributed by atoms with E-state index in [1.807, 2.05) is 0 Å². The molecule has 0 unspecified atom stereocenters. The lowest BCUT2D eigenvalue weighted by molar-refractivity contribution is 0.0721. The second-order valence-corrected chi connectivity index (χ2v) is 7.31. The van der Waals surface area contributed by atoms with Crippen LogP contribution in [0.2, 0.25) is 5.02 Å². The Kier molecular flexibility index (Phi) is 6.98. The number of aromatic hydroxyl groups is 1. The Hall–Kier alpha value is -3.60. The summed E-state index contributed by atoms with van der Waals surface area (Å²) < 4.78 is 18.2. The number of carbonyl (C=O) groups excluding carboxylic acids is 3. The highest BCUT2D eigenvalue weighted by Gasteiger charge is 2.33. The van der Waals surface area contributed by atoms with Crippen LogP contribution >= 0.6 is 11.6 Å². The molecule has 0 fully saturated rings. The van der Waals surface area contributed by atoms with Gasteiger partial charge in [-0.2, -0.15) is 0 Å². The fourth-order valence-electron chi connectivity index (χ4n) is 3.29. The van der Waals surface area contributed by atoms with E-state index in [-0.39, 0.29) is 54.5 Å². The lowest BCUT2D eigenvalue weighted by atomic mass is 9.96. The van der Waals surface area contributed by atoms with Crippen molar-refractivity contribution in [2.45, 2.75) is 13.0 Å². The van der Waals surface area contributed by atoms with Gasteiger partial charge in [-0.15, -0.1) is 0 Å². The van der Waals surface area contributed by atoms with Crippen molar-refractivity contribution >= 4 is 29.5 Å². The number of hydrogen-bond acceptors (Lipinski definition) is 6. The first-order valence-corrected chi connectivity index (χ1v) is 9.94. The van der Waals surface area contributed by atoms with E-state index in [9.17, 15) is 28.7 Å². The van der Waals surface area contributed by atoms with Crippen molar-refractivity contribution in [3.8, 4) is 5.75 Å². The minimum absolute atomic E-state index is 0.0324. The van der Waals surface area contributed by atoms with E-state index in [2.05, 4.69) is 15.6 Å². The van der Waals surface area contributed by atoms with Crippen molar-refractivity contribution in [2.75, 3.05) is 26.7 Å². The summed E-state index contributed by atoms with van der Waals surface area (Å²) in [7, 11) is 1.39. The first-order valence-electron chi connectivity index (χ1n) is 9.57. The van der Waals surface area contributed by atoms with Gasteiger partial charge in [0, 0.05) is 20.1 Å². The molecule has 170 valence electrons. The summed E-state index contributed by atoms with van der Waals surface area (Å²) in [6, 6.07) is 4.04. The zero-order valence-corrected chi connectivity index (χ0v) is 17.7. The van der Waals surface area contributed by atoms with Crippen molar-refractivity contribution in [1.29, 1.82) is 0 Å². The van der Waals surface area contributed by atoms with Crippen LogP contribution < -0.4 is 16.2 Å². The highest BCUT2D eigenvalue weighted by atomic mass is 35.5. The maximum absolute atomic E-state index is 13.4. The number of alkyl carbamates (subject to hydrolysis) is 1. The lowest BCUT2D eigenvalue weighted by Gasteiger charge is -2.30. The van der Waals surface area contributed by atoms with E-state index in [1.54, 1.807) is 0 Å². The molecule has 0 saturated heterocycles. The number of carbonyl (C=O) groups is 3. The predicted molar refractivity (Wildman–Crippen MR) is 111 cm³/mol. The van der Waals surface area contributed by atoms with Crippen molar-refractivity contribution in [1.82, 2.24) is 20.5 Å². The van der Waals surface area contributed by atoms with E-state index in [0.29, 0.717) is 5.56 Å². The van der Waals surface area contributed by atoms with Gasteiger partial charge < -0.3 is 30.4 Å². The van der Waals surface area contributed by atoms with Gasteiger partial charge in [0.15, 0.2) is 5.75 Å². The molecule has 0 radical (unpaired) electrons. The van der Waals surface area contributed by atoms with Crippen LogP contribution in [0.1, 0.15) is 32.0 Å². The van der Waals surface area contributed by atoms with Crippen molar-refractivity contribution in [3.63, 3.8) is 0 Å². The Morgan fingerprint density at radius 3 is 2.78 bits per heavy atom. The average molecular weight is 467 g/mol. The number of nitrogens with one attached hydrogen (secondary N) is 3. The number of amides is 3. The summed E-state index contributed by atoms with van der Waals surface area (Å²) in [5.74, 6) is -2.71. The highest BCUT2D eigenvalue weighted by Crippen LogP contribution is 2.28. The number of aromatic nitrogens is 1. The molecule has 10 nitrogen and oxygen atoms in total. The van der Waals surface area contributed by atoms with E-state index in [0.717, 1.165) is 0 Å². The van der Waals surface area contributed by atoms with Gasteiger partial charge in [0.05, 0.1) is 17.1 Å². The number of ether oxygens (including phenoxy) is 1. The Balaban J connectivity index is 1.81. The number of fused-ring (bicyclic) bond motifs is 1. The molecule has 1 aromatic carbocycles. The van der Waals surface area contributed by atoms with E-state index in [1.165, 1.54) is 30.1 Å². The number of aromatic amines is 1. The minimum Gasteiger partial charge on any atom is -0.502 e. The molecule has 1 aliphatic heterocycles. The molecule has 4 N–H and O–H groups in total. The molecule has 3 rings (SSSR count).